The van der Waals surface area contributed by atoms with Crippen molar-refractivity contribution in [2.24, 2.45) is 0 Å². The lowest BCUT2D eigenvalue weighted by atomic mass is 9.94. The number of hydrogen-bond donors (Lipinski definition) is 2. The first-order chi connectivity index (χ1) is 14.5. The molecule has 0 aromatic heterocycles. The van der Waals surface area contributed by atoms with Gasteiger partial charge in [-0.15, -0.1) is 0 Å². The molecule has 1 heterocycles. The van der Waals surface area contributed by atoms with Crippen molar-refractivity contribution in [1.29, 1.82) is 0 Å². The molecule has 4 amide bonds. The average Bonchev–Trinajstić information content (AvgIpc) is 3.00. The summed E-state index contributed by atoms with van der Waals surface area (Å²) in [5, 5.41) is 5.58. The van der Waals surface area contributed by atoms with E-state index in [1.165, 1.54) is 4.90 Å². The summed E-state index contributed by atoms with van der Waals surface area (Å²) in [4.78, 5) is 39.3. The van der Waals surface area contributed by atoms with Gasteiger partial charge in [-0.2, -0.15) is 0 Å². The van der Waals surface area contributed by atoms with E-state index in [9.17, 15) is 14.4 Å². The highest BCUT2D eigenvalue weighted by atomic mass is 79.9. The number of anilines is 1. The smallest absolute Gasteiger partial charge is 0.319 e. The maximum atomic E-state index is 12.9. The van der Waals surface area contributed by atoms with Crippen LogP contribution in [0.4, 0.5) is 10.5 Å². The van der Waals surface area contributed by atoms with Crippen molar-refractivity contribution >= 4 is 39.5 Å². The number of urea groups is 1. The number of fused-ring (bicyclic) bond motifs is 1. The Balaban J connectivity index is 1.37. The molecule has 2 N–H and O–H groups in total. The van der Waals surface area contributed by atoms with Crippen LogP contribution in [-0.4, -0.2) is 35.3 Å². The van der Waals surface area contributed by atoms with Gasteiger partial charge in [0, 0.05) is 22.7 Å². The molecule has 2 aromatic carbocycles. The second-order valence-electron chi connectivity index (χ2n) is 7.75. The molecule has 0 saturated heterocycles. The number of imide groups is 1. The second-order valence-corrected chi connectivity index (χ2v) is 8.61. The minimum Gasteiger partial charge on any atom is -0.338 e. The normalized spacial score (nSPS) is 16.5. The van der Waals surface area contributed by atoms with Crippen molar-refractivity contribution < 1.29 is 14.4 Å². The van der Waals surface area contributed by atoms with Gasteiger partial charge in [0.2, 0.25) is 0 Å². The molecule has 0 atom stereocenters. The van der Waals surface area contributed by atoms with E-state index < -0.39 is 0 Å². The van der Waals surface area contributed by atoms with Crippen LogP contribution in [0.2, 0.25) is 0 Å². The highest BCUT2D eigenvalue weighted by molar-refractivity contribution is 9.10. The quantitative estimate of drug-likeness (QED) is 0.620. The van der Waals surface area contributed by atoms with Crippen molar-refractivity contribution in [3.05, 3.63) is 63.6 Å². The number of nitrogens with one attached hydrogen (secondary N) is 2. The molecule has 2 aliphatic rings. The topological polar surface area (TPSA) is 78.5 Å². The van der Waals surface area contributed by atoms with Crippen LogP contribution in [0.15, 0.2) is 46.9 Å². The van der Waals surface area contributed by atoms with E-state index in [4.69, 9.17) is 0 Å². The van der Waals surface area contributed by atoms with E-state index >= 15 is 0 Å². The average molecular weight is 470 g/mol. The maximum Gasteiger partial charge on any atom is 0.319 e. The maximum absolute atomic E-state index is 12.9. The molecule has 4 rings (SSSR count). The first-order valence-electron chi connectivity index (χ1n) is 10.3. The van der Waals surface area contributed by atoms with E-state index in [1.807, 2.05) is 24.3 Å². The zero-order valence-electron chi connectivity index (χ0n) is 16.6. The molecule has 2 aromatic rings. The van der Waals surface area contributed by atoms with E-state index in [0.717, 1.165) is 42.1 Å². The molecule has 7 heteroatoms. The van der Waals surface area contributed by atoms with Gasteiger partial charge in [-0.3, -0.25) is 14.5 Å². The molecule has 1 aliphatic heterocycles. The summed E-state index contributed by atoms with van der Waals surface area (Å²) in [6, 6.07) is 12.4. The molecule has 1 aliphatic carbocycles. The van der Waals surface area contributed by atoms with Gasteiger partial charge in [-0.1, -0.05) is 53.4 Å². The van der Waals surface area contributed by atoms with E-state index in [0.29, 0.717) is 29.8 Å². The Hall–Kier alpha value is -2.67. The van der Waals surface area contributed by atoms with Gasteiger partial charge in [0.15, 0.2) is 0 Å². The molecular weight excluding hydrogens is 446 g/mol. The van der Waals surface area contributed by atoms with E-state index in [1.54, 1.807) is 18.2 Å². The fourth-order valence-corrected chi connectivity index (χ4v) is 4.68. The molecular formula is C23H24BrN3O3. The Bertz CT molecular complexity index is 985. The van der Waals surface area contributed by atoms with Crippen molar-refractivity contribution in [2.45, 2.75) is 44.6 Å². The number of nitrogens with zero attached hydrogens (tertiary/aromatic N) is 1. The monoisotopic (exact) mass is 469 g/mol. The van der Waals surface area contributed by atoms with Crippen LogP contribution < -0.4 is 10.6 Å². The minimum atomic E-state index is -0.345. The van der Waals surface area contributed by atoms with Crippen LogP contribution in [0.25, 0.3) is 0 Å². The van der Waals surface area contributed by atoms with Gasteiger partial charge in [-0.05, 0) is 49.1 Å². The van der Waals surface area contributed by atoms with Crippen LogP contribution in [0.3, 0.4) is 0 Å². The Kier molecular flexibility index (Phi) is 6.18. The van der Waals surface area contributed by atoms with Gasteiger partial charge in [-0.25, -0.2) is 4.79 Å². The molecule has 1 saturated carbocycles. The molecule has 156 valence electrons. The molecule has 1 fully saturated rings. The van der Waals surface area contributed by atoms with Crippen LogP contribution in [0.5, 0.6) is 0 Å². The van der Waals surface area contributed by atoms with Gasteiger partial charge in [0.1, 0.15) is 0 Å². The third kappa shape index (κ3) is 4.26. The Labute approximate surface area is 184 Å². The highest BCUT2D eigenvalue weighted by Crippen LogP contribution is 2.32. The van der Waals surface area contributed by atoms with Crippen molar-refractivity contribution in [3.8, 4) is 0 Å². The van der Waals surface area contributed by atoms with Gasteiger partial charge in [0.05, 0.1) is 11.1 Å². The molecule has 0 radical (unpaired) electrons. The Morgan fingerprint density at radius 3 is 2.50 bits per heavy atom. The summed E-state index contributed by atoms with van der Waals surface area (Å²) < 4.78 is 1.01. The lowest BCUT2D eigenvalue weighted by Crippen LogP contribution is -2.40. The lowest BCUT2D eigenvalue weighted by molar-refractivity contribution is 0.0549. The van der Waals surface area contributed by atoms with Gasteiger partial charge >= 0.3 is 6.03 Å². The molecule has 30 heavy (non-hydrogen) atoms. The number of hydrogen-bond acceptors (Lipinski definition) is 3. The standard InChI is InChI=1S/C23H24BrN3O3/c24-20-9-5-4-6-15(20)12-13-25-23(30)26-16-10-11-18-19(14-16)22(29)27(21(18)28)17-7-2-1-3-8-17/h4-6,9-11,14,17H,1-3,7-8,12-13H2,(H2,25,26,30). The number of halogens is 1. The predicted octanol–water partition coefficient (Wildman–Crippen LogP) is 4.74. The predicted molar refractivity (Wildman–Crippen MR) is 119 cm³/mol. The van der Waals surface area contributed by atoms with Gasteiger partial charge < -0.3 is 10.6 Å². The fourth-order valence-electron chi connectivity index (χ4n) is 4.20. The lowest BCUT2D eigenvalue weighted by Gasteiger charge is -2.29. The Morgan fingerprint density at radius 2 is 1.73 bits per heavy atom. The number of amides is 4. The van der Waals surface area contributed by atoms with Crippen LogP contribution in [0.1, 0.15) is 58.4 Å². The highest BCUT2D eigenvalue weighted by Gasteiger charge is 2.40. The van der Waals surface area contributed by atoms with Crippen molar-refractivity contribution in [2.75, 3.05) is 11.9 Å². The second kappa shape index (κ2) is 9.00. The fraction of sp³-hybridized carbons (Fsp3) is 0.348. The zero-order valence-corrected chi connectivity index (χ0v) is 18.2. The number of rotatable bonds is 5. The minimum absolute atomic E-state index is 0.0110. The summed E-state index contributed by atoms with van der Waals surface area (Å²) in [6.07, 6.45) is 5.69. The number of benzene rings is 2. The van der Waals surface area contributed by atoms with Gasteiger partial charge in [0.25, 0.3) is 11.8 Å². The van der Waals surface area contributed by atoms with Crippen molar-refractivity contribution in [1.82, 2.24) is 10.2 Å². The van der Waals surface area contributed by atoms with Crippen LogP contribution in [-0.2, 0) is 6.42 Å². The van der Waals surface area contributed by atoms with E-state index in [-0.39, 0.29) is 23.9 Å². The zero-order chi connectivity index (χ0) is 21.1. The first kappa shape index (κ1) is 20.6. The first-order valence-corrected chi connectivity index (χ1v) is 11.1. The van der Waals surface area contributed by atoms with Crippen LogP contribution in [0, 0.1) is 0 Å². The summed E-state index contributed by atoms with van der Waals surface area (Å²) in [7, 11) is 0. The summed E-state index contributed by atoms with van der Waals surface area (Å²) in [5.74, 6) is -0.466. The largest absolute Gasteiger partial charge is 0.338 e. The molecule has 0 spiro atoms. The third-order valence-electron chi connectivity index (χ3n) is 5.75. The van der Waals surface area contributed by atoms with Crippen molar-refractivity contribution in [3.63, 3.8) is 0 Å². The SMILES string of the molecule is O=C(NCCc1ccccc1Br)Nc1ccc2c(c1)C(=O)N(C1CCCCC1)C2=O. The van der Waals surface area contributed by atoms with Crippen LogP contribution >= 0.6 is 15.9 Å². The molecule has 0 unspecified atom stereocenters. The molecule has 6 nitrogen and oxygen atoms in total. The summed E-state index contributed by atoms with van der Waals surface area (Å²) >= 11 is 3.50. The third-order valence-corrected chi connectivity index (χ3v) is 6.53. The van der Waals surface area contributed by atoms with E-state index in [2.05, 4.69) is 26.6 Å². The number of carbonyl (C=O) groups excluding carboxylic acids is 3. The Morgan fingerprint density at radius 1 is 1.00 bits per heavy atom. The number of carbonyl (C=O) groups is 3. The summed E-state index contributed by atoms with van der Waals surface area (Å²) in [5.41, 5.74) is 2.41. The summed E-state index contributed by atoms with van der Waals surface area (Å²) in [6.45, 7) is 0.478. The molecule has 0 bridgehead atoms.